The summed E-state index contributed by atoms with van der Waals surface area (Å²) in [5.74, 6) is -1.05. The molecule has 0 bridgehead atoms. The van der Waals surface area contributed by atoms with Crippen LogP contribution in [0.4, 0.5) is 18.0 Å². The lowest BCUT2D eigenvalue weighted by atomic mass is 9.95. The van der Waals surface area contributed by atoms with Crippen molar-refractivity contribution in [3.05, 3.63) is 41.0 Å². The van der Waals surface area contributed by atoms with E-state index in [0.29, 0.717) is 18.5 Å². The highest BCUT2D eigenvalue weighted by Gasteiger charge is 2.36. The lowest BCUT2D eigenvalue weighted by molar-refractivity contribution is -0.138. The van der Waals surface area contributed by atoms with Crippen molar-refractivity contribution in [2.75, 3.05) is 20.2 Å². The molecular formula is C19H22F3NO4. The Morgan fingerprint density at radius 2 is 1.81 bits per heavy atom. The minimum Gasteiger partial charge on any atom is -0.465 e. The van der Waals surface area contributed by atoms with E-state index < -0.39 is 35.0 Å². The van der Waals surface area contributed by atoms with E-state index in [1.165, 1.54) is 17.0 Å². The van der Waals surface area contributed by atoms with Crippen LogP contribution in [0.5, 0.6) is 0 Å². The zero-order valence-corrected chi connectivity index (χ0v) is 15.6. The van der Waals surface area contributed by atoms with Gasteiger partial charge in [0.1, 0.15) is 5.60 Å². The minimum atomic E-state index is -4.66. The van der Waals surface area contributed by atoms with Gasteiger partial charge in [-0.15, -0.1) is 0 Å². The Labute approximate surface area is 155 Å². The number of rotatable bonds is 2. The van der Waals surface area contributed by atoms with Gasteiger partial charge < -0.3 is 14.4 Å². The van der Waals surface area contributed by atoms with E-state index in [9.17, 15) is 22.8 Å². The number of hydrogen-bond donors (Lipinski definition) is 0. The quantitative estimate of drug-likeness (QED) is 0.703. The molecule has 0 fully saturated rings. The predicted molar refractivity (Wildman–Crippen MR) is 93.2 cm³/mol. The van der Waals surface area contributed by atoms with Crippen molar-refractivity contribution in [3.63, 3.8) is 0 Å². The van der Waals surface area contributed by atoms with Crippen molar-refractivity contribution in [2.24, 2.45) is 0 Å². The summed E-state index contributed by atoms with van der Waals surface area (Å²) in [6.45, 7) is 5.96. The van der Waals surface area contributed by atoms with Crippen LogP contribution >= 0.6 is 0 Å². The van der Waals surface area contributed by atoms with Crippen molar-refractivity contribution in [1.29, 1.82) is 0 Å². The molecular weight excluding hydrogens is 363 g/mol. The first-order valence-corrected chi connectivity index (χ1v) is 8.39. The van der Waals surface area contributed by atoms with Gasteiger partial charge in [-0.25, -0.2) is 9.59 Å². The van der Waals surface area contributed by atoms with Gasteiger partial charge in [0.05, 0.1) is 18.2 Å². The monoisotopic (exact) mass is 385 g/mol. The molecule has 0 unspecified atom stereocenters. The van der Waals surface area contributed by atoms with E-state index in [4.69, 9.17) is 4.74 Å². The predicted octanol–water partition coefficient (Wildman–Crippen LogP) is 4.52. The second-order valence-corrected chi connectivity index (χ2v) is 7.16. The third kappa shape index (κ3) is 5.24. The van der Waals surface area contributed by atoms with Gasteiger partial charge in [-0.1, -0.05) is 12.1 Å². The summed E-state index contributed by atoms with van der Waals surface area (Å²) in [5, 5.41) is 0. The van der Waals surface area contributed by atoms with Gasteiger partial charge in [0.2, 0.25) is 0 Å². The number of ether oxygens (including phenoxy) is 2. The summed E-state index contributed by atoms with van der Waals surface area (Å²) in [6, 6.07) is 3.39. The molecule has 1 aromatic rings. The number of carbonyl (C=O) groups excluding carboxylic acids is 2. The van der Waals surface area contributed by atoms with Crippen LogP contribution in [0.2, 0.25) is 0 Å². The van der Waals surface area contributed by atoms with Gasteiger partial charge in [0.15, 0.2) is 0 Å². The number of esters is 1. The maximum absolute atomic E-state index is 13.1. The van der Waals surface area contributed by atoms with Crippen LogP contribution in [0.15, 0.2) is 24.3 Å². The van der Waals surface area contributed by atoms with Gasteiger partial charge >= 0.3 is 18.2 Å². The fourth-order valence-electron chi connectivity index (χ4n) is 2.69. The molecule has 5 nitrogen and oxygen atoms in total. The fraction of sp³-hybridized carbons (Fsp3) is 0.474. The minimum absolute atomic E-state index is 0.277. The molecule has 0 saturated heterocycles. The van der Waals surface area contributed by atoms with Gasteiger partial charge in [0, 0.05) is 13.1 Å². The molecule has 1 aromatic carbocycles. The van der Waals surface area contributed by atoms with Gasteiger partial charge in [-0.2, -0.15) is 13.2 Å². The zero-order chi connectivity index (χ0) is 20.4. The zero-order valence-electron chi connectivity index (χ0n) is 15.6. The molecule has 0 spiro atoms. The second-order valence-electron chi connectivity index (χ2n) is 7.16. The number of alkyl halides is 3. The Hall–Kier alpha value is -2.51. The highest BCUT2D eigenvalue weighted by atomic mass is 19.4. The molecule has 0 saturated carbocycles. The number of methoxy groups -OCH3 is 1. The van der Waals surface area contributed by atoms with Gasteiger partial charge in [-0.05, 0) is 50.5 Å². The first-order valence-electron chi connectivity index (χ1n) is 8.39. The smallest absolute Gasteiger partial charge is 0.417 e. The third-order valence-electron chi connectivity index (χ3n) is 3.96. The molecule has 1 aliphatic heterocycles. The number of nitrogens with zero attached hydrogens (tertiary/aromatic N) is 1. The summed E-state index contributed by atoms with van der Waals surface area (Å²) in [7, 11) is 1.04. The maximum atomic E-state index is 13.1. The molecule has 0 atom stereocenters. The summed E-state index contributed by atoms with van der Waals surface area (Å²) in [5.41, 5.74) is -0.923. The average Bonchev–Trinajstić information content (AvgIpc) is 2.58. The Balaban J connectivity index is 2.24. The summed E-state index contributed by atoms with van der Waals surface area (Å²) >= 11 is 0. The van der Waals surface area contributed by atoms with Gasteiger partial charge in [-0.3, -0.25) is 0 Å². The van der Waals surface area contributed by atoms with Crippen LogP contribution < -0.4 is 0 Å². The van der Waals surface area contributed by atoms with E-state index in [1.54, 1.807) is 26.8 Å². The highest BCUT2D eigenvalue weighted by molar-refractivity contribution is 5.92. The average molecular weight is 385 g/mol. The standard InChI is InChI=1S/C19H22F3NO4/c1-18(2,3)27-17(25)23-9-7-12(8-10-23)13-5-6-15(19(20,21)22)14(11-13)16(24)26-4/h5-7,11H,8-10H2,1-4H3. The molecule has 148 valence electrons. The number of halogens is 3. The van der Waals surface area contributed by atoms with Crippen LogP contribution in [0.3, 0.4) is 0 Å². The SMILES string of the molecule is COC(=O)c1cc(C2=CCN(C(=O)OC(C)(C)C)CC2)ccc1C(F)(F)F. The number of amides is 1. The van der Waals surface area contributed by atoms with Crippen LogP contribution in [0, 0.1) is 0 Å². The molecule has 2 rings (SSSR count). The molecule has 27 heavy (non-hydrogen) atoms. The number of hydrogen-bond acceptors (Lipinski definition) is 4. The summed E-state index contributed by atoms with van der Waals surface area (Å²) < 4.78 is 49.1. The molecule has 0 radical (unpaired) electrons. The van der Waals surface area contributed by atoms with Crippen molar-refractivity contribution < 1.29 is 32.2 Å². The second kappa shape index (κ2) is 7.62. The van der Waals surface area contributed by atoms with Crippen molar-refractivity contribution >= 4 is 17.6 Å². The molecule has 0 aliphatic carbocycles. The third-order valence-corrected chi connectivity index (χ3v) is 3.96. The molecule has 1 amide bonds. The first kappa shape index (κ1) is 20.8. The largest absolute Gasteiger partial charge is 0.465 e. The van der Waals surface area contributed by atoms with Crippen LogP contribution in [-0.4, -0.2) is 42.8 Å². The van der Waals surface area contributed by atoms with Crippen molar-refractivity contribution in [2.45, 2.75) is 39.0 Å². The normalized spacial score (nSPS) is 15.2. The van der Waals surface area contributed by atoms with Gasteiger partial charge in [0.25, 0.3) is 0 Å². The van der Waals surface area contributed by atoms with E-state index in [0.717, 1.165) is 18.7 Å². The van der Waals surface area contributed by atoms with Crippen molar-refractivity contribution in [3.8, 4) is 0 Å². The highest BCUT2D eigenvalue weighted by Crippen LogP contribution is 2.34. The van der Waals surface area contributed by atoms with E-state index >= 15 is 0 Å². The molecule has 1 aliphatic rings. The van der Waals surface area contributed by atoms with Crippen LogP contribution in [-0.2, 0) is 15.7 Å². The molecule has 0 N–H and O–H groups in total. The first-order chi connectivity index (χ1) is 12.4. The fourth-order valence-corrected chi connectivity index (χ4v) is 2.69. The lowest BCUT2D eigenvalue weighted by Gasteiger charge is -2.29. The molecule has 8 heteroatoms. The Bertz CT molecular complexity index is 763. The van der Waals surface area contributed by atoms with Crippen LogP contribution in [0.25, 0.3) is 5.57 Å². The number of carbonyl (C=O) groups is 2. The number of benzene rings is 1. The molecule has 0 aromatic heterocycles. The van der Waals surface area contributed by atoms with E-state index in [-0.39, 0.29) is 6.54 Å². The lowest BCUT2D eigenvalue weighted by Crippen LogP contribution is -2.39. The van der Waals surface area contributed by atoms with E-state index in [1.807, 2.05) is 0 Å². The summed E-state index contributed by atoms with van der Waals surface area (Å²) in [4.78, 5) is 25.4. The summed E-state index contributed by atoms with van der Waals surface area (Å²) in [6.07, 6.45) is -2.92. The van der Waals surface area contributed by atoms with Crippen LogP contribution in [0.1, 0.15) is 48.7 Å². The maximum Gasteiger partial charge on any atom is 0.417 e. The molecule has 1 heterocycles. The van der Waals surface area contributed by atoms with Crippen molar-refractivity contribution in [1.82, 2.24) is 4.90 Å². The topological polar surface area (TPSA) is 55.8 Å². The Morgan fingerprint density at radius 1 is 1.15 bits per heavy atom. The Morgan fingerprint density at radius 3 is 2.30 bits per heavy atom. The van der Waals surface area contributed by atoms with E-state index in [2.05, 4.69) is 4.74 Å². The Kier molecular flexibility index (Phi) is 5.87.